The molecule has 1 aliphatic rings. The summed E-state index contributed by atoms with van der Waals surface area (Å²) in [6.45, 7) is 0. The van der Waals surface area contributed by atoms with Crippen LogP contribution in [0.4, 0.5) is 17.1 Å². The second kappa shape index (κ2) is 4.58. The fourth-order valence-electron chi connectivity index (χ4n) is 2.36. The number of rotatable bonds is 3. The van der Waals surface area contributed by atoms with Gasteiger partial charge in [-0.05, 0) is 22.8 Å². The average molecular weight is 299 g/mol. The number of hydrogen-bond acceptors (Lipinski definition) is 6. The van der Waals surface area contributed by atoms with Crippen LogP contribution in [-0.4, -0.2) is 14.8 Å². The van der Waals surface area contributed by atoms with Crippen LogP contribution in [0.15, 0.2) is 30.3 Å². The molecular formula is C13H5N3O6. The largest absolute Gasteiger partial charge is 0.284 e. The van der Waals surface area contributed by atoms with E-state index in [1.54, 1.807) is 0 Å². The zero-order chi connectivity index (χ0) is 16.0. The first-order chi connectivity index (χ1) is 10.4. The minimum absolute atomic E-state index is 0.177. The lowest BCUT2D eigenvalue weighted by Gasteiger charge is -2.02. The van der Waals surface area contributed by atoms with Crippen LogP contribution in [0.3, 0.4) is 0 Å². The summed E-state index contributed by atoms with van der Waals surface area (Å²) in [4.78, 5) is 30.7. The maximum Gasteiger partial charge on any atom is 0.284 e. The molecule has 9 nitrogen and oxygen atoms in total. The molecule has 0 aromatic heterocycles. The molecule has 22 heavy (non-hydrogen) atoms. The molecule has 2 aromatic carbocycles. The van der Waals surface area contributed by atoms with Crippen molar-refractivity contribution in [2.75, 3.05) is 0 Å². The Morgan fingerprint density at radius 1 is 0.773 bits per heavy atom. The first-order valence-corrected chi connectivity index (χ1v) is 5.91. The molecule has 9 heteroatoms. The highest BCUT2D eigenvalue weighted by molar-refractivity contribution is 5.89. The van der Waals surface area contributed by atoms with Crippen molar-refractivity contribution in [3.05, 3.63) is 78.2 Å². The van der Waals surface area contributed by atoms with Gasteiger partial charge in [-0.15, -0.1) is 0 Å². The number of benzene rings is 2. The minimum atomic E-state index is -0.736. The highest BCUT2D eigenvalue weighted by Crippen LogP contribution is 2.46. The van der Waals surface area contributed by atoms with Gasteiger partial charge in [-0.1, -0.05) is 0 Å². The molecule has 0 amide bonds. The number of nitro groups is 3. The summed E-state index contributed by atoms with van der Waals surface area (Å²) < 4.78 is 0. The highest BCUT2D eigenvalue weighted by Gasteiger charge is 2.32. The number of fused-ring (bicyclic) bond motifs is 3. The fraction of sp³-hybridized carbons (Fsp3) is 0. The van der Waals surface area contributed by atoms with Gasteiger partial charge in [0.2, 0.25) is 0 Å². The van der Waals surface area contributed by atoms with E-state index >= 15 is 0 Å². The fourth-order valence-corrected chi connectivity index (χ4v) is 2.36. The molecule has 0 bridgehead atoms. The third-order valence-corrected chi connectivity index (χ3v) is 3.26. The Morgan fingerprint density at radius 3 is 2.00 bits per heavy atom. The third-order valence-electron chi connectivity index (χ3n) is 3.26. The van der Waals surface area contributed by atoms with Crippen molar-refractivity contribution in [2.45, 2.75) is 0 Å². The van der Waals surface area contributed by atoms with Gasteiger partial charge in [-0.3, -0.25) is 30.3 Å². The maximum atomic E-state index is 11.2. The maximum absolute atomic E-state index is 11.2. The van der Waals surface area contributed by atoms with Crippen LogP contribution in [0, 0.1) is 36.8 Å². The van der Waals surface area contributed by atoms with Crippen LogP contribution >= 0.6 is 0 Å². The Bertz CT molecular complexity index is 861. The zero-order valence-electron chi connectivity index (χ0n) is 10.7. The van der Waals surface area contributed by atoms with E-state index in [9.17, 15) is 30.3 Å². The quantitative estimate of drug-likeness (QED) is 0.540. The predicted octanol–water partition coefficient (Wildman–Crippen LogP) is 2.87. The minimum Gasteiger partial charge on any atom is -0.258 e. The van der Waals surface area contributed by atoms with Crippen LogP contribution < -0.4 is 0 Å². The summed E-state index contributed by atoms with van der Waals surface area (Å²) in [6.07, 6.45) is 2.75. The molecule has 0 atom stereocenters. The summed E-state index contributed by atoms with van der Waals surface area (Å²) >= 11 is 0. The standard InChI is InChI=1S/C13H5N3O6/c17-14(18)9-1-2-11-7(4-9)3-8-5-10(15(19)20)6-12(13(8)11)16(21)22/h1-2,4-6H. The van der Waals surface area contributed by atoms with Crippen LogP contribution in [-0.2, 0) is 0 Å². The van der Waals surface area contributed by atoms with E-state index in [0.717, 1.165) is 12.1 Å². The smallest absolute Gasteiger partial charge is 0.258 e. The average Bonchev–Trinajstić information content (AvgIpc) is 2.82. The molecule has 2 aromatic rings. The normalized spacial score (nSPS) is 11.6. The first-order valence-electron chi connectivity index (χ1n) is 5.91. The van der Waals surface area contributed by atoms with Gasteiger partial charge >= 0.3 is 0 Å². The van der Waals surface area contributed by atoms with Crippen LogP contribution in [0.1, 0.15) is 11.1 Å². The first kappa shape index (κ1) is 13.6. The van der Waals surface area contributed by atoms with Gasteiger partial charge in [0.25, 0.3) is 17.1 Å². The Morgan fingerprint density at radius 2 is 1.41 bits per heavy atom. The monoisotopic (exact) mass is 299 g/mol. The van der Waals surface area contributed by atoms with E-state index in [2.05, 4.69) is 6.42 Å². The van der Waals surface area contributed by atoms with E-state index in [4.69, 9.17) is 0 Å². The van der Waals surface area contributed by atoms with E-state index < -0.39 is 26.1 Å². The Kier molecular flexibility index (Phi) is 2.84. The SMILES string of the molecule is O=[N+]([O-])c1ccc2c(c1)[C]c1cc([N+](=O)[O-])cc([N+](=O)[O-])c1-2. The third kappa shape index (κ3) is 1.95. The Labute approximate surface area is 122 Å². The molecule has 1 aliphatic carbocycles. The van der Waals surface area contributed by atoms with Gasteiger partial charge in [-0.2, -0.15) is 0 Å². The molecule has 0 heterocycles. The number of nitro benzene ring substituents is 3. The topological polar surface area (TPSA) is 129 Å². The van der Waals surface area contributed by atoms with Crippen molar-refractivity contribution in [3.8, 4) is 11.1 Å². The van der Waals surface area contributed by atoms with Crippen molar-refractivity contribution >= 4 is 17.1 Å². The highest BCUT2D eigenvalue weighted by atomic mass is 16.6. The molecule has 0 N–H and O–H groups in total. The number of nitrogens with zero attached hydrogens (tertiary/aromatic N) is 3. The summed E-state index contributed by atoms with van der Waals surface area (Å²) in [6, 6.07) is 5.86. The van der Waals surface area contributed by atoms with Crippen LogP contribution in [0.5, 0.6) is 0 Å². The predicted molar refractivity (Wildman–Crippen MR) is 73.3 cm³/mol. The molecule has 0 saturated carbocycles. The van der Waals surface area contributed by atoms with E-state index in [1.807, 2.05) is 0 Å². The molecule has 2 radical (unpaired) electrons. The van der Waals surface area contributed by atoms with Gasteiger partial charge in [-0.25, -0.2) is 0 Å². The summed E-state index contributed by atoms with van der Waals surface area (Å²) in [5.74, 6) is 0. The van der Waals surface area contributed by atoms with Crippen molar-refractivity contribution < 1.29 is 14.8 Å². The Balaban J connectivity index is 2.25. The lowest BCUT2D eigenvalue weighted by Crippen LogP contribution is -1.96. The van der Waals surface area contributed by atoms with Crippen molar-refractivity contribution in [3.63, 3.8) is 0 Å². The van der Waals surface area contributed by atoms with Crippen molar-refractivity contribution in [1.29, 1.82) is 0 Å². The van der Waals surface area contributed by atoms with E-state index in [-0.39, 0.29) is 16.8 Å². The lowest BCUT2D eigenvalue weighted by molar-refractivity contribution is -0.393. The van der Waals surface area contributed by atoms with Crippen LogP contribution in [0.25, 0.3) is 11.1 Å². The molecule has 0 saturated heterocycles. The number of non-ortho nitro benzene ring substituents is 2. The molecular weight excluding hydrogens is 294 g/mol. The summed E-state index contributed by atoms with van der Waals surface area (Å²) in [5.41, 5.74) is 0.00709. The molecule has 108 valence electrons. The van der Waals surface area contributed by atoms with Gasteiger partial charge in [0.15, 0.2) is 0 Å². The lowest BCUT2D eigenvalue weighted by atomic mass is 10.0. The number of hydrogen-bond donors (Lipinski definition) is 0. The molecule has 0 aliphatic heterocycles. The molecule has 0 unspecified atom stereocenters. The molecule has 0 fully saturated rings. The van der Waals surface area contributed by atoms with E-state index in [1.165, 1.54) is 18.2 Å². The van der Waals surface area contributed by atoms with Crippen LogP contribution in [0.2, 0.25) is 0 Å². The van der Waals surface area contributed by atoms with Gasteiger partial charge in [0, 0.05) is 18.2 Å². The van der Waals surface area contributed by atoms with Crippen molar-refractivity contribution in [1.82, 2.24) is 0 Å². The Hall–Kier alpha value is -3.36. The second-order valence-electron chi connectivity index (χ2n) is 4.51. The van der Waals surface area contributed by atoms with E-state index in [0.29, 0.717) is 11.1 Å². The van der Waals surface area contributed by atoms with Gasteiger partial charge in [0.1, 0.15) is 0 Å². The van der Waals surface area contributed by atoms with Crippen molar-refractivity contribution in [2.24, 2.45) is 0 Å². The zero-order valence-corrected chi connectivity index (χ0v) is 10.7. The summed E-state index contributed by atoms with van der Waals surface area (Å²) in [7, 11) is 0. The van der Waals surface area contributed by atoms with Gasteiger partial charge < -0.3 is 0 Å². The second-order valence-corrected chi connectivity index (χ2v) is 4.51. The summed E-state index contributed by atoms with van der Waals surface area (Å²) in [5, 5.41) is 32.8. The molecule has 0 spiro atoms. The molecule has 3 rings (SSSR count). The van der Waals surface area contributed by atoms with Gasteiger partial charge in [0.05, 0.1) is 32.8 Å².